The van der Waals surface area contributed by atoms with Crippen molar-refractivity contribution in [2.75, 3.05) is 13.2 Å². The zero-order chi connectivity index (χ0) is 12.3. The molecule has 0 amide bonds. The first-order chi connectivity index (χ1) is 8.19. The molecule has 17 heavy (non-hydrogen) atoms. The molecule has 0 radical (unpaired) electrons. The van der Waals surface area contributed by atoms with Gasteiger partial charge in [0.1, 0.15) is 0 Å². The lowest BCUT2D eigenvalue weighted by molar-refractivity contribution is 0.318. The molecule has 1 aliphatic heterocycles. The van der Waals surface area contributed by atoms with Gasteiger partial charge in [0.15, 0.2) is 16.6 Å². The maximum absolute atomic E-state index is 9.57. The van der Waals surface area contributed by atoms with Gasteiger partial charge in [0.25, 0.3) is 0 Å². The number of nitrogens with one attached hydrogen (secondary N) is 2. The summed E-state index contributed by atoms with van der Waals surface area (Å²) in [5, 5.41) is 16.3. The van der Waals surface area contributed by atoms with Gasteiger partial charge in [-0.15, -0.1) is 0 Å². The monoisotopic (exact) mass is 250 g/mol. The average Bonchev–Trinajstić information content (AvgIpc) is 2.69. The van der Waals surface area contributed by atoms with Gasteiger partial charge in [-0.25, -0.2) is 0 Å². The van der Waals surface area contributed by atoms with Crippen molar-refractivity contribution in [2.24, 2.45) is 0 Å². The summed E-state index contributed by atoms with van der Waals surface area (Å²) < 4.78 is 5.32. The maximum atomic E-state index is 9.57. The number of thiocarbonyl (C=S) groups is 1. The molecule has 0 bridgehead atoms. The van der Waals surface area contributed by atoms with Crippen LogP contribution in [0.15, 0.2) is 23.9 Å². The molecular weight excluding hydrogens is 236 g/mol. The van der Waals surface area contributed by atoms with E-state index in [0.717, 1.165) is 11.3 Å². The summed E-state index contributed by atoms with van der Waals surface area (Å²) in [4.78, 5) is 0. The number of hydrogen-bond acceptors (Lipinski definition) is 3. The second-order valence-corrected chi connectivity index (χ2v) is 4.05. The minimum Gasteiger partial charge on any atom is -0.504 e. The van der Waals surface area contributed by atoms with E-state index in [1.165, 1.54) is 0 Å². The van der Waals surface area contributed by atoms with Crippen LogP contribution in [0.4, 0.5) is 0 Å². The van der Waals surface area contributed by atoms with Gasteiger partial charge in [-0.3, -0.25) is 0 Å². The fraction of sp³-hybridized carbons (Fsp3) is 0.250. The highest BCUT2D eigenvalue weighted by atomic mass is 32.1. The van der Waals surface area contributed by atoms with Crippen LogP contribution in [-0.4, -0.2) is 23.4 Å². The number of rotatable bonds is 3. The second kappa shape index (κ2) is 5.05. The molecule has 1 fully saturated rings. The lowest BCUT2D eigenvalue weighted by atomic mass is 10.1. The third kappa shape index (κ3) is 2.88. The van der Waals surface area contributed by atoms with Gasteiger partial charge in [0.05, 0.1) is 13.2 Å². The van der Waals surface area contributed by atoms with Gasteiger partial charge < -0.3 is 20.5 Å². The van der Waals surface area contributed by atoms with Gasteiger partial charge in [-0.05, 0) is 42.9 Å². The Balaban J connectivity index is 2.21. The molecule has 1 heterocycles. The molecule has 1 aliphatic rings. The number of benzene rings is 1. The van der Waals surface area contributed by atoms with Crippen LogP contribution < -0.4 is 15.4 Å². The van der Waals surface area contributed by atoms with Crippen molar-refractivity contribution in [2.45, 2.75) is 6.92 Å². The minimum atomic E-state index is 0.155. The van der Waals surface area contributed by atoms with Crippen LogP contribution >= 0.6 is 12.2 Å². The Morgan fingerprint density at radius 1 is 1.53 bits per heavy atom. The molecule has 0 aromatic heterocycles. The van der Waals surface area contributed by atoms with Crippen LogP contribution in [0, 0.1) is 0 Å². The Morgan fingerprint density at radius 2 is 2.35 bits per heavy atom. The number of phenols is 1. The molecule has 90 valence electrons. The van der Waals surface area contributed by atoms with Crippen LogP contribution in [0.2, 0.25) is 0 Å². The molecule has 0 aliphatic carbocycles. The Hall–Kier alpha value is -1.75. The Labute approximate surface area is 105 Å². The predicted octanol–water partition coefficient (Wildman–Crippen LogP) is 1.61. The first-order valence-corrected chi connectivity index (χ1v) is 5.81. The van der Waals surface area contributed by atoms with E-state index in [9.17, 15) is 5.11 Å². The first-order valence-electron chi connectivity index (χ1n) is 5.40. The quantitative estimate of drug-likeness (QED) is 0.712. The predicted molar refractivity (Wildman–Crippen MR) is 71.0 cm³/mol. The van der Waals surface area contributed by atoms with Gasteiger partial charge in [0.2, 0.25) is 0 Å². The molecule has 1 aromatic rings. The highest BCUT2D eigenvalue weighted by molar-refractivity contribution is 7.80. The molecule has 2 rings (SSSR count). The average molecular weight is 250 g/mol. The molecule has 0 unspecified atom stereocenters. The van der Waals surface area contributed by atoms with Gasteiger partial charge in [-0.1, -0.05) is 6.07 Å². The molecule has 5 heteroatoms. The van der Waals surface area contributed by atoms with E-state index >= 15 is 0 Å². The molecule has 3 N–H and O–H groups in total. The molecule has 4 nitrogen and oxygen atoms in total. The summed E-state index contributed by atoms with van der Waals surface area (Å²) >= 11 is 4.97. The summed E-state index contributed by atoms with van der Waals surface area (Å²) in [5.74, 6) is 0.650. The molecule has 0 spiro atoms. The van der Waals surface area contributed by atoms with Crippen molar-refractivity contribution >= 4 is 23.4 Å². The number of phenolic OH excluding ortho intramolecular Hbond substituents is 1. The summed E-state index contributed by atoms with van der Waals surface area (Å²) in [6, 6.07) is 5.25. The summed E-state index contributed by atoms with van der Waals surface area (Å²) in [6.07, 6.45) is 1.97. The van der Waals surface area contributed by atoms with Crippen LogP contribution in [0.1, 0.15) is 12.5 Å². The molecular formula is C12H14N2O2S. The fourth-order valence-corrected chi connectivity index (χ4v) is 1.79. The SMILES string of the molecule is CCOc1cc(/C=C2/CNC(=S)N2)ccc1O. The van der Waals surface area contributed by atoms with Crippen molar-refractivity contribution in [3.05, 3.63) is 29.5 Å². The van der Waals surface area contributed by atoms with Crippen molar-refractivity contribution in [1.29, 1.82) is 0 Å². The summed E-state index contributed by atoms with van der Waals surface area (Å²) in [6.45, 7) is 3.10. The zero-order valence-corrected chi connectivity index (χ0v) is 10.3. The second-order valence-electron chi connectivity index (χ2n) is 3.64. The standard InChI is InChI=1S/C12H14N2O2S/c1-2-16-11-6-8(3-4-10(11)15)5-9-7-13-12(17)14-9/h3-6,15H,2,7H2,1H3,(H2,13,14,17)/b9-5-. The molecule has 0 atom stereocenters. The maximum Gasteiger partial charge on any atom is 0.170 e. The normalized spacial score (nSPS) is 16.8. The number of aromatic hydroxyl groups is 1. The van der Waals surface area contributed by atoms with Crippen molar-refractivity contribution in [3.63, 3.8) is 0 Å². The topological polar surface area (TPSA) is 53.5 Å². The Kier molecular flexibility index (Phi) is 3.49. The van der Waals surface area contributed by atoms with Gasteiger partial charge >= 0.3 is 0 Å². The lowest BCUT2D eigenvalue weighted by Gasteiger charge is -2.06. The molecule has 1 aromatic carbocycles. The van der Waals surface area contributed by atoms with E-state index < -0.39 is 0 Å². The highest BCUT2D eigenvalue weighted by Gasteiger charge is 2.09. The van der Waals surface area contributed by atoms with Crippen LogP contribution in [0.3, 0.4) is 0 Å². The largest absolute Gasteiger partial charge is 0.504 e. The third-order valence-electron chi connectivity index (χ3n) is 2.34. The van der Waals surface area contributed by atoms with Gasteiger partial charge in [-0.2, -0.15) is 0 Å². The molecule has 1 saturated heterocycles. The van der Waals surface area contributed by atoms with E-state index in [1.807, 2.05) is 19.1 Å². The summed E-state index contributed by atoms with van der Waals surface area (Å²) in [7, 11) is 0. The van der Waals surface area contributed by atoms with Crippen molar-refractivity contribution in [1.82, 2.24) is 10.6 Å². The van der Waals surface area contributed by atoms with Crippen LogP contribution in [0.25, 0.3) is 6.08 Å². The van der Waals surface area contributed by atoms with Gasteiger partial charge in [0, 0.05) is 5.70 Å². The lowest BCUT2D eigenvalue weighted by Crippen LogP contribution is -2.19. The number of ether oxygens (including phenoxy) is 1. The van der Waals surface area contributed by atoms with E-state index in [1.54, 1.807) is 12.1 Å². The van der Waals surface area contributed by atoms with E-state index in [0.29, 0.717) is 24.0 Å². The number of hydrogen-bond donors (Lipinski definition) is 3. The smallest absolute Gasteiger partial charge is 0.170 e. The highest BCUT2D eigenvalue weighted by Crippen LogP contribution is 2.27. The van der Waals surface area contributed by atoms with Crippen molar-refractivity contribution < 1.29 is 9.84 Å². The summed E-state index contributed by atoms with van der Waals surface area (Å²) in [5.41, 5.74) is 1.96. The Morgan fingerprint density at radius 3 is 3.00 bits per heavy atom. The minimum absolute atomic E-state index is 0.155. The van der Waals surface area contributed by atoms with Crippen LogP contribution in [-0.2, 0) is 0 Å². The van der Waals surface area contributed by atoms with Crippen molar-refractivity contribution in [3.8, 4) is 11.5 Å². The Bertz CT molecular complexity index is 472. The van der Waals surface area contributed by atoms with E-state index in [2.05, 4.69) is 10.6 Å². The zero-order valence-electron chi connectivity index (χ0n) is 9.49. The third-order valence-corrected chi connectivity index (χ3v) is 2.58. The van der Waals surface area contributed by atoms with E-state index in [-0.39, 0.29) is 5.75 Å². The van der Waals surface area contributed by atoms with E-state index in [4.69, 9.17) is 17.0 Å². The first kappa shape index (κ1) is 11.7. The molecule has 0 saturated carbocycles. The van der Waals surface area contributed by atoms with Crippen LogP contribution in [0.5, 0.6) is 11.5 Å². The fourth-order valence-electron chi connectivity index (χ4n) is 1.59.